The van der Waals surface area contributed by atoms with Gasteiger partial charge in [-0.15, -0.1) is 0 Å². The van der Waals surface area contributed by atoms with Gasteiger partial charge < -0.3 is 34.1 Å². The van der Waals surface area contributed by atoms with E-state index >= 15 is 0 Å². The van der Waals surface area contributed by atoms with Gasteiger partial charge in [0.15, 0.2) is 0 Å². The number of hydrogen-bond acceptors (Lipinski definition) is 40. The van der Waals surface area contributed by atoms with E-state index in [-0.39, 0.29) is 0 Å². The third kappa shape index (κ3) is 29.4. The van der Waals surface area contributed by atoms with Crippen LogP contribution in [0.15, 0.2) is 0 Å². The van der Waals surface area contributed by atoms with E-state index in [1.807, 2.05) is 0 Å². The lowest BCUT2D eigenvalue weighted by Crippen LogP contribution is -2.56. The van der Waals surface area contributed by atoms with Crippen molar-refractivity contribution in [2.24, 2.45) is 0 Å². The van der Waals surface area contributed by atoms with E-state index in [0.29, 0.717) is 0 Å². The molecule has 0 aromatic heterocycles. The zero-order valence-corrected chi connectivity index (χ0v) is 28.2. The molecule has 0 spiro atoms. The summed E-state index contributed by atoms with van der Waals surface area (Å²) in [5.41, 5.74) is 0. The van der Waals surface area contributed by atoms with Crippen molar-refractivity contribution in [1.29, 1.82) is 0 Å². The average molecular weight is 948 g/mol. The summed E-state index contributed by atoms with van der Waals surface area (Å²) in [6.45, 7) is -2.54. The number of ether oxygens (including phenoxy) is 1. The summed E-state index contributed by atoms with van der Waals surface area (Å²) in [4.78, 5) is 55.3. The third-order valence-corrected chi connectivity index (χ3v) is 6.20. The van der Waals surface area contributed by atoms with Crippen LogP contribution < -0.4 is 0 Å². The monoisotopic (exact) mass is 948 g/mol. The smallest absolute Gasteiger partial charge is 0.370 e. The van der Waals surface area contributed by atoms with Gasteiger partial charge in [-0.3, -0.25) is 18.1 Å². The third-order valence-electron chi connectivity index (χ3n) is 3.66. The molecule has 1 aliphatic heterocycles. The summed E-state index contributed by atoms with van der Waals surface area (Å²) in [6.07, 6.45) is -9.79. The quantitative estimate of drug-likeness (QED) is 0.0133. The molecule has 46 nitrogen and oxygen atoms in total. The van der Waals surface area contributed by atoms with Crippen molar-refractivity contribution >= 4 is 31.3 Å². The Bertz CT molecular complexity index is 1140. The molecular weight excluding hydrogens is 932 g/mol. The van der Waals surface area contributed by atoms with E-state index in [1.165, 1.54) is 0 Å². The molecule has 0 saturated carbocycles. The SMILES string of the molecule is O=P(O)(O)OCC1OCC(OP(=O)(O)O)[C@@H](OP(=O)(O)O)[C@H]1OP(=O)(OOOOOOOOOOOOOOO)OOOOOOOOOOOOOOOO. The second-order valence-corrected chi connectivity index (χ2v) is 11.9. The molecule has 8 N–H and O–H groups in total. The van der Waals surface area contributed by atoms with Crippen molar-refractivity contribution in [3.05, 3.63) is 0 Å². The van der Waals surface area contributed by atoms with Crippen molar-refractivity contribution in [1.82, 2.24) is 0 Å². The minimum Gasteiger partial charge on any atom is -0.370 e. The summed E-state index contributed by atoms with van der Waals surface area (Å²) in [5, 5.41) is 108. The van der Waals surface area contributed by atoms with Crippen molar-refractivity contribution in [2.45, 2.75) is 24.4 Å². The summed E-state index contributed by atoms with van der Waals surface area (Å²) >= 11 is 0. The van der Waals surface area contributed by atoms with Crippen LogP contribution in [0.3, 0.4) is 0 Å². The molecule has 0 aliphatic carbocycles. The minimum atomic E-state index is -6.01. The first kappa shape index (κ1) is 53.3. The van der Waals surface area contributed by atoms with Gasteiger partial charge >= 0.3 is 31.3 Å². The molecule has 56 heavy (non-hydrogen) atoms. The van der Waals surface area contributed by atoms with E-state index in [1.54, 1.807) is 0 Å². The fourth-order valence-electron chi connectivity index (χ4n) is 2.38. The molecule has 1 aliphatic rings. The molecule has 0 radical (unpaired) electrons. The highest BCUT2D eigenvalue weighted by molar-refractivity contribution is 7.48. The molecule has 1 fully saturated rings. The maximum Gasteiger partial charge on any atom is 0.534 e. The zero-order valence-electron chi connectivity index (χ0n) is 24.6. The molecular formula is C6H16O46P4. The van der Waals surface area contributed by atoms with Gasteiger partial charge in [-0.1, -0.05) is 9.35 Å². The number of rotatable bonds is 38. The second kappa shape index (κ2) is 30.3. The topological polar surface area (TPSA) is 544 Å². The molecule has 50 heteroatoms. The van der Waals surface area contributed by atoms with Crippen LogP contribution in [0.2, 0.25) is 0 Å². The van der Waals surface area contributed by atoms with Gasteiger partial charge in [0.05, 0.1) is 13.2 Å². The van der Waals surface area contributed by atoms with E-state index in [9.17, 15) is 37.8 Å². The van der Waals surface area contributed by atoms with Crippen molar-refractivity contribution in [2.75, 3.05) is 13.2 Å². The van der Waals surface area contributed by atoms with Gasteiger partial charge in [-0.05, 0) is 136 Å². The molecule has 336 valence electrons. The van der Waals surface area contributed by atoms with Crippen molar-refractivity contribution in [3.8, 4) is 0 Å². The zero-order chi connectivity index (χ0) is 41.8. The molecule has 1 saturated heterocycles. The Morgan fingerprint density at radius 1 is 0.429 bits per heavy atom. The minimum absolute atomic E-state index is 1.14. The number of hydrogen-bond donors (Lipinski definition) is 8. The highest BCUT2D eigenvalue weighted by atomic mass is 31.2. The average Bonchev–Trinajstić information content (AvgIpc) is 3.10. The molecule has 5 atom stereocenters. The van der Waals surface area contributed by atoms with Crippen LogP contribution in [-0.2, 0) is 186 Å². The standard InChI is InChI=1S/C6H16O46P4/c7-24-26-28-30-32-34-36-38-40-42-44-46-48-50-52-56(18,51-49-47-45-43-41-39-37-35-33-31-29-27-25-8)23-5-3(2-20-53(9,10)11)19-1-4(21-54(12,13)14)6(5)22-55(15,16)17/h3-8H,1-2H2,(H2,9,10,11)(H2,12,13,14)(H2,15,16,17)/t3?,4?,5-,6+,56?/m0/s1. The summed E-state index contributed by atoms with van der Waals surface area (Å²) in [5.74, 6) is 0. The first-order valence-electron chi connectivity index (χ1n) is 11.2. The predicted octanol–water partition coefficient (Wildman–Crippen LogP) is -2.92. The lowest BCUT2D eigenvalue weighted by molar-refractivity contribution is -0.882. The molecule has 1 rings (SSSR count). The second-order valence-electron chi connectivity index (χ2n) is 6.87. The van der Waals surface area contributed by atoms with Crippen LogP contribution >= 0.6 is 31.3 Å². The lowest BCUT2D eigenvalue weighted by Gasteiger charge is -2.41. The largest absolute Gasteiger partial charge is 0.534 e. The summed E-state index contributed by atoms with van der Waals surface area (Å²) in [7, 11) is -22.9. The summed E-state index contributed by atoms with van der Waals surface area (Å²) < 4.78 is 78.5. The highest BCUT2D eigenvalue weighted by Crippen LogP contribution is 2.55. The van der Waals surface area contributed by atoms with Crippen LogP contribution in [0.4, 0.5) is 0 Å². The first-order chi connectivity index (χ1) is 26.5. The maximum absolute atomic E-state index is 13.3. The Morgan fingerprint density at radius 2 is 0.768 bits per heavy atom. The fourth-order valence-corrected chi connectivity index (χ4v) is 4.68. The maximum atomic E-state index is 13.3. The fraction of sp³-hybridized carbons (Fsp3) is 1.00. The molecule has 0 amide bonds. The van der Waals surface area contributed by atoms with Crippen molar-refractivity contribution < 1.29 is 226 Å². The Labute approximate surface area is 296 Å². The molecule has 0 aromatic rings. The van der Waals surface area contributed by atoms with Crippen molar-refractivity contribution in [3.63, 3.8) is 0 Å². The molecule has 3 unspecified atom stereocenters. The van der Waals surface area contributed by atoms with E-state index in [4.69, 9.17) is 29.6 Å². The van der Waals surface area contributed by atoms with E-state index in [2.05, 4.69) is 159 Å². The van der Waals surface area contributed by atoms with Gasteiger partial charge in [-0.25, -0.2) is 28.8 Å². The van der Waals surface area contributed by atoms with Gasteiger partial charge in [0, 0.05) is 0 Å². The van der Waals surface area contributed by atoms with Gasteiger partial charge in [0.2, 0.25) is 0 Å². The van der Waals surface area contributed by atoms with Crippen LogP contribution in [-0.4, -0.2) is 77.5 Å². The Morgan fingerprint density at radius 3 is 1.09 bits per heavy atom. The summed E-state index contributed by atoms with van der Waals surface area (Å²) in [6, 6.07) is 0. The number of phosphoric ester groups is 3. The molecule has 0 bridgehead atoms. The van der Waals surface area contributed by atoms with Gasteiger partial charge in [-0.2, -0.15) is 0 Å². The Balaban J connectivity index is 2.91. The predicted molar refractivity (Wildman–Crippen MR) is 111 cm³/mol. The van der Waals surface area contributed by atoms with E-state index < -0.39 is 68.9 Å². The van der Waals surface area contributed by atoms with Crippen LogP contribution in [0, 0.1) is 0 Å². The Kier molecular flexibility index (Phi) is 28.8. The molecule has 0 aromatic carbocycles. The molecule has 1 heterocycles. The number of phosphoric acid groups is 4. The highest BCUT2D eigenvalue weighted by Gasteiger charge is 2.52. The lowest BCUT2D eigenvalue weighted by atomic mass is 10.0. The van der Waals surface area contributed by atoms with E-state index in [0.717, 1.165) is 0 Å². The van der Waals surface area contributed by atoms with Gasteiger partial charge in [0.25, 0.3) is 0 Å². The Hall–Kier alpha value is -0.760. The normalized spacial score (nSPS) is 20.7. The first-order valence-corrected chi connectivity index (χ1v) is 17.3. The van der Waals surface area contributed by atoms with Gasteiger partial charge in [0.1, 0.15) is 24.4 Å². The van der Waals surface area contributed by atoms with Crippen LogP contribution in [0.5, 0.6) is 0 Å². The van der Waals surface area contributed by atoms with Crippen LogP contribution in [0.25, 0.3) is 0 Å². The van der Waals surface area contributed by atoms with Crippen LogP contribution in [0.1, 0.15) is 0 Å².